The molecule has 1 atom stereocenters. The fraction of sp³-hybridized carbons (Fsp3) is 0.419. The lowest BCUT2D eigenvalue weighted by molar-refractivity contribution is -0.141. The Bertz CT molecular complexity index is 1250. The molecule has 1 unspecified atom stereocenters. The van der Waals surface area contributed by atoms with Crippen LogP contribution in [0.1, 0.15) is 44.6 Å². The largest absolute Gasteiger partial charge is 0.493 e. The van der Waals surface area contributed by atoms with E-state index in [4.69, 9.17) is 9.47 Å². The summed E-state index contributed by atoms with van der Waals surface area (Å²) in [4.78, 5) is 24.8. The highest BCUT2D eigenvalue weighted by molar-refractivity contribution is 5.89. The fourth-order valence-corrected chi connectivity index (χ4v) is 4.81. The average Bonchev–Trinajstić information content (AvgIpc) is 2.91. The summed E-state index contributed by atoms with van der Waals surface area (Å²) >= 11 is 0. The normalized spacial score (nSPS) is 14.8. The first-order chi connectivity index (χ1) is 17.8. The van der Waals surface area contributed by atoms with Crippen molar-refractivity contribution in [2.75, 3.05) is 27.3 Å². The number of likely N-dealkylation sites (N-methyl/N-ethyl adjacent to an activating group) is 1. The van der Waals surface area contributed by atoms with Crippen LogP contribution in [0.15, 0.2) is 54.6 Å². The Morgan fingerprint density at radius 3 is 2.41 bits per heavy atom. The van der Waals surface area contributed by atoms with E-state index in [1.807, 2.05) is 36.4 Å². The van der Waals surface area contributed by atoms with Gasteiger partial charge < -0.3 is 19.5 Å². The molecule has 6 heteroatoms. The topological polar surface area (TPSA) is 76.1 Å². The smallest absolute Gasteiger partial charge is 0.306 e. The molecule has 196 valence electrons. The molecule has 0 bridgehead atoms. The van der Waals surface area contributed by atoms with Gasteiger partial charge in [-0.05, 0) is 77.4 Å². The molecule has 1 amide bonds. The van der Waals surface area contributed by atoms with Gasteiger partial charge in [-0.3, -0.25) is 9.59 Å². The number of hydrogen-bond acceptors (Lipinski definition) is 4. The van der Waals surface area contributed by atoms with Crippen LogP contribution >= 0.6 is 0 Å². The number of carbonyl (C=O) groups is 2. The molecule has 1 fully saturated rings. The first kappa shape index (κ1) is 26.5. The lowest BCUT2D eigenvalue weighted by Gasteiger charge is -2.23. The molecule has 1 N–H and O–H groups in total. The standard InChI is InChI=1S/C31H37NO5/c1-21(31(34)35)15-23-9-14-29(37-19-22-7-5-4-6-8-22)28(16-23)26-11-10-25-18-27(13-12-24(25)17-26)36-20-30(33)32(2)3/h9-14,16-18,21-22H,4-8,15,19-20H2,1-3H3,(H,34,35). The number of carbonyl (C=O) groups excluding carboxylic acids is 1. The number of benzene rings is 3. The monoisotopic (exact) mass is 503 g/mol. The molecule has 4 rings (SSSR count). The SMILES string of the molecule is CC(Cc1ccc(OCC2CCCCC2)c(-c2ccc3cc(OCC(=O)N(C)C)ccc3c2)c1)C(=O)O. The zero-order valence-corrected chi connectivity index (χ0v) is 22.0. The van der Waals surface area contributed by atoms with Gasteiger partial charge in [-0.2, -0.15) is 0 Å². The second kappa shape index (κ2) is 12.1. The number of ether oxygens (including phenoxy) is 2. The van der Waals surface area contributed by atoms with Gasteiger partial charge in [0, 0.05) is 19.7 Å². The number of nitrogens with zero attached hydrogens (tertiary/aromatic N) is 1. The maximum atomic E-state index is 11.9. The predicted octanol–water partition coefficient (Wildman–Crippen LogP) is 6.20. The van der Waals surface area contributed by atoms with Gasteiger partial charge in [0.05, 0.1) is 12.5 Å². The van der Waals surface area contributed by atoms with E-state index in [0.29, 0.717) is 24.7 Å². The molecule has 1 saturated carbocycles. The number of amides is 1. The molecule has 0 aliphatic heterocycles. The van der Waals surface area contributed by atoms with Crippen molar-refractivity contribution in [3.63, 3.8) is 0 Å². The van der Waals surface area contributed by atoms with E-state index in [9.17, 15) is 14.7 Å². The van der Waals surface area contributed by atoms with E-state index >= 15 is 0 Å². The van der Waals surface area contributed by atoms with Crippen LogP contribution in [0.25, 0.3) is 21.9 Å². The minimum atomic E-state index is -0.796. The Hall–Kier alpha value is -3.54. The third-order valence-corrected chi connectivity index (χ3v) is 7.19. The highest BCUT2D eigenvalue weighted by atomic mass is 16.5. The van der Waals surface area contributed by atoms with Crippen LogP contribution in [0, 0.1) is 11.8 Å². The summed E-state index contributed by atoms with van der Waals surface area (Å²) < 4.78 is 12.0. The van der Waals surface area contributed by atoms with Gasteiger partial charge in [0.2, 0.25) is 0 Å². The molecule has 1 aliphatic carbocycles. The number of aliphatic carboxylic acids is 1. The van der Waals surface area contributed by atoms with E-state index in [1.54, 1.807) is 21.0 Å². The maximum Gasteiger partial charge on any atom is 0.306 e. The van der Waals surface area contributed by atoms with Crippen LogP contribution in [-0.2, 0) is 16.0 Å². The molecule has 0 aromatic heterocycles. The predicted molar refractivity (Wildman–Crippen MR) is 146 cm³/mol. The van der Waals surface area contributed by atoms with Crippen LogP contribution < -0.4 is 9.47 Å². The first-order valence-corrected chi connectivity index (χ1v) is 13.2. The van der Waals surface area contributed by atoms with Gasteiger partial charge in [-0.1, -0.05) is 50.5 Å². The highest BCUT2D eigenvalue weighted by Gasteiger charge is 2.18. The first-order valence-electron chi connectivity index (χ1n) is 13.2. The minimum absolute atomic E-state index is 0.000158. The third kappa shape index (κ3) is 7.03. The molecule has 37 heavy (non-hydrogen) atoms. The summed E-state index contributed by atoms with van der Waals surface area (Å²) in [5, 5.41) is 11.5. The number of carboxylic acids is 1. The van der Waals surface area contributed by atoms with Gasteiger partial charge in [-0.25, -0.2) is 0 Å². The molecule has 0 radical (unpaired) electrons. The fourth-order valence-electron chi connectivity index (χ4n) is 4.81. The van der Waals surface area contributed by atoms with Crippen LogP contribution in [0.5, 0.6) is 11.5 Å². The Labute approximate surface area is 219 Å². The molecule has 0 spiro atoms. The summed E-state index contributed by atoms with van der Waals surface area (Å²) in [7, 11) is 3.41. The van der Waals surface area contributed by atoms with Crippen LogP contribution in [0.2, 0.25) is 0 Å². The van der Waals surface area contributed by atoms with E-state index < -0.39 is 11.9 Å². The highest BCUT2D eigenvalue weighted by Crippen LogP contribution is 2.35. The number of rotatable bonds is 10. The minimum Gasteiger partial charge on any atom is -0.493 e. The summed E-state index contributed by atoms with van der Waals surface area (Å²) in [5.41, 5.74) is 2.97. The molecular weight excluding hydrogens is 466 g/mol. The second-order valence-corrected chi connectivity index (χ2v) is 10.4. The molecule has 1 aliphatic rings. The van der Waals surface area contributed by atoms with Gasteiger partial charge in [0.25, 0.3) is 5.91 Å². The van der Waals surface area contributed by atoms with Crippen molar-refractivity contribution in [1.29, 1.82) is 0 Å². The van der Waals surface area contributed by atoms with Crippen molar-refractivity contribution in [1.82, 2.24) is 4.90 Å². The van der Waals surface area contributed by atoms with Crippen molar-refractivity contribution in [2.24, 2.45) is 11.8 Å². The summed E-state index contributed by atoms with van der Waals surface area (Å²) in [6, 6.07) is 18.1. The lowest BCUT2D eigenvalue weighted by atomic mass is 9.90. The molecular formula is C31H37NO5. The van der Waals surface area contributed by atoms with Gasteiger partial charge in [-0.15, -0.1) is 0 Å². The maximum absolute atomic E-state index is 11.9. The van der Waals surface area contributed by atoms with Crippen molar-refractivity contribution >= 4 is 22.6 Å². The average molecular weight is 504 g/mol. The molecule has 0 saturated heterocycles. The van der Waals surface area contributed by atoms with Gasteiger partial charge in [0.15, 0.2) is 6.61 Å². The third-order valence-electron chi connectivity index (χ3n) is 7.19. The van der Waals surface area contributed by atoms with Crippen LogP contribution in [-0.4, -0.2) is 49.2 Å². The molecule has 3 aromatic carbocycles. The van der Waals surface area contributed by atoms with Crippen molar-refractivity contribution in [3.05, 3.63) is 60.2 Å². The van der Waals surface area contributed by atoms with E-state index in [0.717, 1.165) is 33.2 Å². The van der Waals surface area contributed by atoms with Crippen LogP contribution in [0.4, 0.5) is 0 Å². The quantitative estimate of drug-likeness (QED) is 0.357. The lowest BCUT2D eigenvalue weighted by Crippen LogP contribution is -2.27. The number of fused-ring (bicyclic) bond motifs is 1. The Morgan fingerprint density at radius 1 is 0.946 bits per heavy atom. The second-order valence-electron chi connectivity index (χ2n) is 10.4. The van der Waals surface area contributed by atoms with Gasteiger partial charge >= 0.3 is 5.97 Å². The summed E-state index contributed by atoms with van der Waals surface area (Å²) in [5.74, 6) is 0.720. The van der Waals surface area contributed by atoms with Crippen molar-refractivity contribution in [2.45, 2.75) is 45.4 Å². The molecule has 0 heterocycles. The number of carboxylic acid groups (broad SMARTS) is 1. The number of hydrogen-bond donors (Lipinski definition) is 1. The Kier molecular flexibility index (Phi) is 8.70. The summed E-state index contributed by atoms with van der Waals surface area (Å²) in [6.07, 6.45) is 6.74. The zero-order chi connectivity index (χ0) is 26.4. The van der Waals surface area contributed by atoms with Gasteiger partial charge in [0.1, 0.15) is 11.5 Å². The molecule has 6 nitrogen and oxygen atoms in total. The van der Waals surface area contributed by atoms with E-state index in [1.165, 1.54) is 37.0 Å². The Morgan fingerprint density at radius 2 is 1.68 bits per heavy atom. The Balaban J connectivity index is 1.60. The van der Waals surface area contributed by atoms with Crippen molar-refractivity contribution < 1.29 is 24.2 Å². The van der Waals surface area contributed by atoms with Crippen LogP contribution in [0.3, 0.4) is 0 Å². The van der Waals surface area contributed by atoms with E-state index in [-0.39, 0.29) is 12.5 Å². The molecule has 3 aromatic rings. The zero-order valence-electron chi connectivity index (χ0n) is 22.0. The van der Waals surface area contributed by atoms with E-state index in [2.05, 4.69) is 18.2 Å². The van der Waals surface area contributed by atoms with Crippen molar-refractivity contribution in [3.8, 4) is 22.6 Å². The summed E-state index contributed by atoms with van der Waals surface area (Å²) in [6.45, 7) is 2.44.